The van der Waals surface area contributed by atoms with E-state index in [4.69, 9.17) is 4.74 Å². The van der Waals surface area contributed by atoms with Gasteiger partial charge in [-0.05, 0) is 48.2 Å². The highest BCUT2D eigenvalue weighted by Crippen LogP contribution is 2.27. The van der Waals surface area contributed by atoms with E-state index in [1.807, 2.05) is 48.5 Å². The van der Waals surface area contributed by atoms with Crippen LogP contribution in [0.15, 0.2) is 48.5 Å². The second-order valence-corrected chi connectivity index (χ2v) is 6.58. The van der Waals surface area contributed by atoms with Crippen molar-refractivity contribution >= 4 is 17.5 Å². The number of amides is 2. The molecule has 26 heavy (non-hydrogen) atoms. The maximum absolute atomic E-state index is 12.6. The molecule has 5 nitrogen and oxygen atoms in total. The molecule has 1 N–H and O–H groups in total. The van der Waals surface area contributed by atoms with Gasteiger partial charge in [0.2, 0.25) is 11.8 Å². The van der Waals surface area contributed by atoms with Gasteiger partial charge in [-0.25, -0.2) is 0 Å². The number of carbonyl (C=O) groups is 2. The number of nitrogens with zero attached hydrogens (tertiary/aromatic N) is 1. The summed E-state index contributed by atoms with van der Waals surface area (Å²) in [5, 5.41) is 3.02. The van der Waals surface area contributed by atoms with Crippen molar-refractivity contribution in [1.29, 1.82) is 0 Å². The van der Waals surface area contributed by atoms with Crippen molar-refractivity contribution in [2.75, 3.05) is 25.5 Å². The number of nitrogens with one attached hydrogen (secondary N) is 1. The lowest BCUT2D eigenvalue weighted by Gasteiger charge is -2.30. The van der Waals surface area contributed by atoms with Crippen LogP contribution in [-0.2, 0) is 9.59 Å². The summed E-state index contributed by atoms with van der Waals surface area (Å²) in [6.45, 7) is 2.87. The topological polar surface area (TPSA) is 58.6 Å². The number of anilines is 1. The Kier molecular flexibility index (Phi) is 5.56. The molecule has 1 fully saturated rings. The molecule has 1 saturated heterocycles. The van der Waals surface area contributed by atoms with Crippen molar-refractivity contribution in [3.8, 4) is 16.9 Å². The van der Waals surface area contributed by atoms with E-state index in [0.29, 0.717) is 25.9 Å². The molecule has 2 aromatic rings. The van der Waals surface area contributed by atoms with E-state index in [1.54, 1.807) is 18.9 Å². The summed E-state index contributed by atoms with van der Waals surface area (Å²) < 4.78 is 5.28. The molecule has 0 saturated carbocycles. The first kappa shape index (κ1) is 18.0. The Hall–Kier alpha value is -2.82. The van der Waals surface area contributed by atoms with Crippen molar-refractivity contribution in [2.45, 2.75) is 19.8 Å². The first-order chi connectivity index (χ1) is 12.6. The molecule has 0 spiro atoms. The van der Waals surface area contributed by atoms with E-state index < -0.39 is 0 Å². The van der Waals surface area contributed by atoms with Gasteiger partial charge in [0.25, 0.3) is 0 Å². The molecule has 2 aromatic carbocycles. The highest BCUT2D eigenvalue weighted by Gasteiger charge is 2.26. The maximum Gasteiger partial charge on any atom is 0.227 e. The average Bonchev–Trinajstić information content (AvgIpc) is 2.68. The molecule has 5 heteroatoms. The lowest BCUT2D eigenvalue weighted by atomic mass is 9.95. The molecule has 1 heterocycles. The fourth-order valence-corrected chi connectivity index (χ4v) is 3.28. The normalized spacial score (nSPS) is 14.8. The third-order valence-electron chi connectivity index (χ3n) is 4.84. The number of likely N-dealkylation sites (tertiary alicyclic amines) is 1. The Morgan fingerprint density at radius 1 is 1.04 bits per heavy atom. The summed E-state index contributed by atoms with van der Waals surface area (Å²) in [4.78, 5) is 25.8. The van der Waals surface area contributed by atoms with Gasteiger partial charge in [0.1, 0.15) is 5.75 Å². The van der Waals surface area contributed by atoms with Crippen molar-refractivity contribution in [3.63, 3.8) is 0 Å². The number of piperidine rings is 1. The van der Waals surface area contributed by atoms with Gasteiger partial charge in [-0.2, -0.15) is 0 Å². The molecule has 0 aliphatic carbocycles. The van der Waals surface area contributed by atoms with Crippen LogP contribution in [0.5, 0.6) is 5.75 Å². The van der Waals surface area contributed by atoms with Crippen LogP contribution in [0.2, 0.25) is 0 Å². The Labute approximate surface area is 154 Å². The van der Waals surface area contributed by atoms with E-state index >= 15 is 0 Å². The largest absolute Gasteiger partial charge is 0.497 e. The third-order valence-corrected chi connectivity index (χ3v) is 4.84. The lowest BCUT2D eigenvalue weighted by Crippen LogP contribution is -2.40. The van der Waals surface area contributed by atoms with Gasteiger partial charge >= 0.3 is 0 Å². The number of hydrogen-bond acceptors (Lipinski definition) is 3. The van der Waals surface area contributed by atoms with Gasteiger partial charge in [0, 0.05) is 31.6 Å². The number of hydrogen-bond donors (Lipinski definition) is 1. The Morgan fingerprint density at radius 3 is 2.35 bits per heavy atom. The number of methoxy groups -OCH3 is 1. The van der Waals surface area contributed by atoms with Crippen LogP contribution < -0.4 is 10.1 Å². The van der Waals surface area contributed by atoms with Crippen LogP contribution in [0.1, 0.15) is 19.8 Å². The minimum absolute atomic E-state index is 0.0241. The average molecular weight is 352 g/mol. The summed E-state index contributed by atoms with van der Waals surface area (Å²) in [5.41, 5.74) is 2.84. The summed E-state index contributed by atoms with van der Waals surface area (Å²) in [7, 11) is 1.65. The second kappa shape index (κ2) is 8.04. The highest BCUT2D eigenvalue weighted by molar-refractivity contribution is 5.93. The van der Waals surface area contributed by atoms with Gasteiger partial charge in [0.15, 0.2) is 0 Å². The minimum Gasteiger partial charge on any atom is -0.497 e. The molecule has 136 valence electrons. The molecule has 0 radical (unpaired) electrons. The van der Waals surface area contributed by atoms with Crippen molar-refractivity contribution < 1.29 is 14.3 Å². The monoisotopic (exact) mass is 352 g/mol. The molecular weight excluding hydrogens is 328 g/mol. The molecular formula is C21H24N2O3. The standard InChI is InChI=1S/C21H24N2O3/c1-15(24)23-11-9-16(10-12-23)21(25)22-19-7-3-5-17(13-19)18-6-4-8-20(14-18)26-2/h3-8,13-14,16H,9-12H2,1-2H3,(H,22,25). The summed E-state index contributed by atoms with van der Waals surface area (Å²) >= 11 is 0. The molecule has 1 aliphatic rings. The Balaban J connectivity index is 1.67. The van der Waals surface area contributed by atoms with Crippen molar-refractivity contribution in [2.24, 2.45) is 5.92 Å². The van der Waals surface area contributed by atoms with Gasteiger partial charge in [-0.3, -0.25) is 9.59 Å². The van der Waals surface area contributed by atoms with Gasteiger partial charge in [-0.15, -0.1) is 0 Å². The lowest BCUT2D eigenvalue weighted by molar-refractivity contribution is -0.132. The minimum atomic E-state index is -0.0499. The van der Waals surface area contributed by atoms with Gasteiger partial charge in [0.05, 0.1) is 7.11 Å². The van der Waals surface area contributed by atoms with E-state index in [1.165, 1.54) is 0 Å². The van der Waals surface area contributed by atoms with Gasteiger partial charge in [-0.1, -0.05) is 24.3 Å². The van der Waals surface area contributed by atoms with Crippen LogP contribution in [0, 0.1) is 5.92 Å². The van der Waals surface area contributed by atoms with Crippen molar-refractivity contribution in [1.82, 2.24) is 4.90 Å². The molecule has 0 unspecified atom stereocenters. The summed E-state index contributed by atoms with van der Waals surface area (Å²) in [6.07, 6.45) is 1.42. The molecule has 1 aliphatic heterocycles. The first-order valence-electron chi connectivity index (χ1n) is 8.87. The smallest absolute Gasteiger partial charge is 0.227 e. The number of ether oxygens (including phenoxy) is 1. The predicted octanol–water partition coefficient (Wildman–Crippen LogP) is 3.56. The first-order valence-corrected chi connectivity index (χ1v) is 8.87. The zero-order valence-electron chi connectivity index (χ0n) is 15.2. The number of rotatable bonds is 4. The van der Waals surface area contributed by atoms with E-state index in [-0.39, 0.29) is 17.7 Å². The van der Waals surface area contributed by atoms with E-state index in [9.17, 15) is 9.59 Å². The zero-order chi connectivity index (χ0) is 18.5. The number of carbonyl (C=O) groups excluding carboxylic acids is 2. The molecule has 0 atom stereocenters. The molecule has 0 aromatic heterocycles. The van der Waals surface area contributed by atoms with Crippen molar-refractivity contribution in [3.05, 3.63) is 48.5 Å². The van der Waals surface area contributed by atoms with Gasteiger partial charge < -0.3 is 15.0 Å². The van der Waals surface area contributed by atoms with Crippen LogP contribution in [0.4, 0.5) is 5.69 Å². The zero-order valence-corrected chi connectivity index (χ0v) is 15.2. The van der Waals surface area contributed by atoms with Crippen LogP contribution >= 0.6 is 0 Å². The SMILES string of the molecule is COc1cccc(-c2cccc(NC(=O)C3CCN(C(C)=O)CC3)c2)c1. The van der Waals surface area contributed by atoms with E-state index in [2.05, 4.69) is 5.32 Å². The quantitative estimate of drug-likeness (QED) is 0.915. The Morgan fingerprint density at radius 2 is 1.69 bits per heavy atom. The van der Waals surface area contributed by atoms with Crippen LogP contribution in [0.25, 0.3) is 11.1 Å². The van der Waals surface area contributed by atoms with Crippen LogP contribution in [-0.4, -0.2) is 36.9 Å². The highest BCUT2D eigenvalue weighted by atomic mass is 16.5. The summed E-state index contributed by atoms with van der Waals surface area (Å²) in [6, 6.07) is 15.6. The predicted molar refractivity (Wildman–Crippen MR) is 102 cm³/mol. The fraction of sp³-hybridized carbons (Fsp3) is 0.333. The molecule has 2 amide bonds. The maximum atomic E-state index is 12.6. The Bertz CT molecular complexity index is 795. The van der Waals surface area contributed by atoms with E-state index in [0.717, 1.165) is 22.6 Å². The van der Waals surface area contributed by atoms with Crippen LogP contribution in [0.3, 0.4) is 0 Å². The number of benzene rings is 2. The molecule has 0 bridgehead atoms. The second-order valence-electron chi connectivity index (χ2n) is 6.58. The fourth-order valence-electron chi connectivity index (χ4n) is 3.28. The molecule has 3 rings (SSSR count). The summed E-state index contributed by atoms with van der Waals surface area (Å²) in [5.74, 6) is 0.853. The third kappa shape index (κ3) is 4.23.